The Morgan fingerprint density at radius 2 is 2.26 bits per heavy atom. The van der Waals surface area contributed by atoms with Gasteiger partial charge in [-0.05, 0) is 25.0 Å². The summed E-state index contributed by atoms with van der Waals surface area (Å²) in [6.45, 7) is 1.60. The highest BCUT2D eigenvalue weighted by Crippen LogP contribution is 2.22. The average Bonchev–Trinajstić information content (AvgIpc) is 2.59. The van der Waals surface area contributed by atoms with Crippen molar-refractivity contribution < 1.29 is 18.7 Å². The molecule has 126 valence electrons. The number of carbonyl (C=O) groups is 2. The molecule has 2 amide bonds. The number of rotatable bonds is 5. The SMILES string of the molecule is COc1ccc(C(=O)N2CCCC(C(=O)NCCN)C2)c(F)c1. The van der Waals surface area contributed by atoms with Gasteiger partial charge in [0.15, 0.2) is 0 Å². The fraction of sp³-hybridized carbons (Fsp3) is 0.500. The van der Waals surface area contributed by atoms with Crippen molar-refractivity contribution in [2.75, 3.05) is 33.3 Å². The van der Waals surface area contributed by atoms with E-state index >= 15 is 0 Å². The molecule has 7 heteroatoms. The highest BCUT2D eigenvalue weighted by atomic mass is 19.1. The first-order chi connectivity index (χ1) is 11.1. The van der Waals surface area contributed by atoms with Crippen LogP contribution in [0, 0.1) is 11.7 Å². The van der Waals surface area contributed by atoms with Crippen molar-refractivity contribution >= 4 is 11.8 Å². The second kappa shape index (κ2) is 7.92. The van der Waals surface area contributed by atoms with Crippen molar-refractivity contribution in [3.8, 4) is 5.75 Å². The van der Waals surface area contributed by atoms with Gasteiger partial charge in [0, 0.05) is 32.2 Å². The molecule has 6 nitrogen and oxygen atoms in total. The Balaban J connectivity index is 2.06. The molecule has 2 rings (SSSR count). The molecule has 0 aromatic heterocycles. The van der Waals surface area contributed by atoms with Crippen molar-refractivity contribution in [3.63, 3.8) is 0 Å². The maximum atomic E-state index is 14.0. The van der Waals surface area contributed by atoms with Crippen molar-refractivity contribution in [2.45, 2.75) is 12.8 Å². The zero-order valence-electron chi connectivity index (χ0n) is 13.2. The van der Waals surface area contributed by atoms with Gasteiger partial charge in [-0.2, -0.15) is 0 Å². The summed E-state index contributed by atoms with van der Waals surface area (Å²) in [7, 11) is 1.44. The van der Waals surface area contributed by atoms with Crippen molar-refractivity contribution in [1.82, 2.24) is 10.2 Å². The zero-order chi connectivity index (χ0) is 16.8. The van der Waals surface area contributed by atoms with Crippen LogP contribution in [0.1, 0.15) is 23.2 Å². The largest absolute Gasteiger partial charge is 0.497 e. The lowest BCUT2D eigenvalue weighted by molar-refractivity contribution is -0.126. The predicted octanol–water partition coefficient (Wildman–Crippen LogP) is 0.761. The van der Waals surface area contributed by atoms with Gasteiger partial charge in [0.25, 0.3) is 5.91 Å². The van der Waals surface area contributed by atoms with Crippen LogP contribution < -0.4 is 15.8 Å². The van der Waals surface area contributed by atoms with Crippen LogP contribution in [0.3, 0.4) is 0 Å². The quantitative estimate of drug-likeness (QED) is 0.838. The summed E-state index contributed by atoms with van der Waals surface area (Å²) >= 11 is 0. The van der Waals surface area contributed by atoms with E-state index in [1.54, 1.807) is 6.07 Å². The molecule has 0 aliphatic carbocycles. The number of carbonyl (C=O) groups excluding carboxylic acids is 2. The number of nitrogens with zero attached hydrogens (tertiary/aromatic N) is 1. The van der Waals surface area contributed by atoms with Crippen LogP contribution in [-0.4, -0.2) is 50.0 Å². The standard InChI is InChI=1S/C16H22FN3O3/c1-23-12-4-5-13(14(17)9-12)16(22)20-8-2-3-11(10-20)15(21)19-7-6-18/h4-5,9,11H,2-3,6-8,10,18H2,1H3,(H,19,21). The number of nitrogens with two attached hydrogens (primary N) is 1. The Morgan fingerprint density at radius 1 is 1.48 bits per heavy atom. The molecule has 1 unspecified atom stereocenters. The monoisotopic (exact) mass is 323 g/mol. The zero-order valence-corrected chi connectivity index (χ0v) is 13.2. The van der Waals surface area contributed by atoms with Gasteiger partial charge in [0.2, 0.25) is 5.91 Å². The summed E-state index contributed by atoms with van der Waals surface area (Å²) < 4.78 is 19.0. The van der Waals surface area contributed by atoms with Crippen LogP contribution in [-0.2, 0) is 4.79 Å². The first kappa shape index (κ1) is 17.2. The number of piperidine rings is 1. The lowest BCUT2D eigenvalue weighted by Gasteiger charge is -2.32. The van der Waals surface area contributed by atoms with Crippen LogP contribution in [0.25, 0.3) is 0 Å². The molecule has 1 fully saturated rings. The summed E-state index contributed by atoms with van der Waals surface area (Å²) in [6, 6.07) is 4.14. The van der Waals surface area contributed by atoms with Gasteiger partial charge in [-0.1, -0.05) is 0 Å². The second-order valence-corrected chi connectivity index (χ2v) is 5.52. The summed E-state index contributed by atoms with van der Waals surface area (Å²) in [4.78, 5) is 26.0. The van der Waals surface area contributed by atoms with Gasteiger partial charge in [-0.15, -0.1) is 0 Å². The van der Waals surface area contributed by atoms with Crippen LogP contribution in [0.2, 0.25) is 0 Å². The van der Waals surface area contributed by atoms with Crippen LogP contribution >= 0.6 is 0 Å². The fourth-order valence-electron chi connectivity index (χ4n) is 2.68. The lowest BCUT2D eigenvalue weighted by atomic mass is 9.96. The number of benzene rings is 1. The number of likely N-dealkylation sites (tertiary alicyclic amines) is 1. The normalized spacial score (nSPS) is 17.7. The van der Waals surface area contributed by atoms with Gasteiger partial charge in [-0.25, -0.2) is 4.39 Å². The summed E-state index contributed by atoms with van der Waals surface area (Å²) in [5.41, 5.74) is 5.36. The molecule has 0 spiro atoms. The molecule has 0 bridgehead atoms. The molecular formula is C16H22FN3O3. The number of amides is 2. The first-order valence-electron chi connectivity index (χ1n) is 7.67. The van der Waals surface area contributed by atoms with Crippen molar-refractivity contribution in [2.24, 2.45) is 11.7 Å². The van der Waals surface area contributed by atoms with E-state index in [4.69, 9.17) is 10.5 Å². The molecule has 1 aromatic rings. The third kappa shape index (κ3) is 4.19. The Bertz CT molecular complexity index is 580. The number of halogens is 1. The lowest BCUT2D eigenvalue weighted by Crippen LogP contribution is -2.46. The van der Waals surface area contributed by atoms with Gasteiger partial charge < -0.3 is 20.7 Å². The highest BCUT2D eigenvalue weighted by molar-refractivity contribution is 5.95. The van der Waals surface area contributed by atoms with Gasteiger partial charge in [0.1, 0.15) is 11.6 Å². The van der Waals surface area contributed by atoms with Crippen LogP contribution in [0.15, 0.2) is 18.2 Å². The van der Waals surface area contributed by atoms with E-state index in [2.05, 4.69) is 5.32 Å². The van der Waals surface area contributed by atoms with Crippen LogP contribution in [0.4, 0.5) is 4.39 Å². The molecule has 1 aromatic carbocycles. The Hall–Kier alpha value is -2.15. The number of hydrogen-bond donors (Lipinski definition) is 2. The summed E-state index contributed by atoms with van der Waals surface area (Å²) in [5.74, 6) is -1.05. The van der Waals surface area contributed by atoms with Gasteiger partial charge in [-0.3, -0.25) is 9.59 Å². The van der Waals surface area contributed by atoms with Crippen molar-refractivity contribution in [3.05, 3.63) is 29.6 Å². The predicted molar refractivity (Wildman–Crippen MR) is 83.6 cm³/mol. The van der Waals surface area contributed by atoms with Gasteiger partial charge >= 0.3 is 0 Å². The third-order valence-electron chi connectivity index (χ3n) is 3.93. The summed E-state index contributed by atoms with van der Waals surface area (Å²) in [6.07, 6.45) is 1.43. The molecule has 1 aliphatic rings. The van der Waals surface area contributed by atoms with E-state index in [9.17, 15) is 14.0 Å². The van der Waals surface area contributed by atoms with Gasteiger partial charge in [0.05, 0.1) is 18.6 Å². The Kier molecular flexibility index (Phi) is 5.92. The van der Waals surface area contributed by atoms with E-state index in [0.717, 1.165) is 0 Å². The molecule has 0 radical (unpaired) electrons. The molecule has 1 saturated heterocycles. The minimum absolute atomic E-state index is 0.00573. The smallest absolute Gasteiger partial charge is 0.256 e. The Labute approximate surface area is 134 Å². The number of methoxy groups -OCH3 is 1. The van der Waals surface area contributed by atoms with E-state index in [1.807, 2.05) is 0 Å². The number of ether oxygens (including phenoxy) is 1. The highest BCUT2D eigenvalue weighted by Gasteiger charge is 2.29. The first-order valence-corrected chi connectivity index (χ1v) is 7.67. The average molecular weight is 323 g/mol. The molecule has 1 aliphatic heterocycles. The second-order valence-electron chi connectivity index (χ2n) is 5.52. The van der Waals surface area contributed by atoms with Crippen molar-refractivity contribution in [1.29, 1.82) is 0 Å². The molecule has 23 heavy (non-hydrogen) atoms. The third-order valence-corrected chi connectivity index (χ3v) is 3.93. The van der Waals surface area contributed by atoms with E-state index < -0.39 is 11.7 Å². The number of nitrogens with one attached hydrogen (secondary N) is 1. The molecule has 0 saturated carbocycles. The van der Waals surface area contributed by atoms with E-state index in [1.165, 1.54) is 24.1 Å². The fourth-order valence-corrected chi connectivity index (χ4v) is 2.68. The number of hydrogen-bond acceptors (Lipinski definition) is 4. The molecule has 1 atom stereocenters. The minimum Gasteiger partial charge on any atom is -0.497 e. The molecular weight excluding hydrogens is 301 g/mol. The van der Waals surface area contributed by atoms with E-state index in [0.29, 0.717) is 44.8 Å². The maximum absolute atomic E-state index is 14.0. The Morgan fingerprint density at radius 3 is 2.91 bits per heavy atom. The van der Waals surface area contributed by atoms with E-state index in [-0.39, 0.29) is 17.4 Å². The summed E-state index contributed by atoms with van der Waals surface area (Å²) in [5, 5.41) is 2.74. The topological polar surface area (TPSA) is 84.7 Å². The molecule has 3 N–H and O–H groups in total. The van der Waals surface area contributed by atoms with Crippen LogP contribution in [0.5, 0.6) is 5.75 Å². The minimum atomic E-state index is -0.621. The molecule has 1 heterocycles. The maximum Gasteiger partial charge on any atom is 0.256 e.